The van der Waals surface area contributed by atoms with E-state index in [1.807, 2.05) is 6.08 Å². The number of carbonyl (C=O) groups is 1. The van der Waals surface area contributed by atoms with Gasteiger partial charge >= 0.3 is 0 Å². The minimum Gasteiger partial charge on any atom is -0.392 e. The maximum atomic E-state index is 10.4. The van der Waals surface area contributed by atoms with E-state index in [9.17, 15) is 4.79 Å². The molecular weight excluding hydrogens is 172 g/mol. The number of hydrogen-bond acceptors (Lipinski definition) is 3. The van der Waals surface area contributed by atoms with Crippen LogP contribution in [-0.4, -0.2) is 23.2 Å². The highest BCUT2D eigenvalue weighted by atomic mass is 32.2. The van der Waals surface area contributed by atoms with Crippen LogP contribution in [0.2, 0.25) is 0 Å². The van der Waals surface area contributed by atoms with E-state index in [4.69, 9.17) is 5.11 Å². The Morgan fingerprint density at radius 2 is 2.50 bits per heavy atom. The first-order chi connectivity index (χ1) is 5.81. The van der Waals surface area contributed by atoms with Crippen molar-refractivity contribution >= 4 is 18.0 Å². The molecule has 1 heterocycles. The summed E-state index contributed by atoms with van der Waals surface area (Å²) in [4.78, 5) is 11.2. The Bertz CT molecular complexity index is 231. The van der Waals surface area contributed by atoms with Crippen LogP contribution in [0.5, 0.6) is 0 Å². The molecule has 66 valence electrons. The predicted molar refractivity (Wildman–Crippen MR) is 51.0 cm³/mol. The summed E-state index contributed by atoms with van der Waals surface area (Å²) in [5, 5.41) is 9.05. The molecule has 12 heavy (non-hydrogen) atoms. The molecule has 0 fully saturated rings. The van der Waals surface area contributed by atoms with E-state index in [0.29, 0.717) is 5.25 Å². The fourth-order valence-corrected chi connectivity index (χ4v) is 2.26. The van der Waals surface area contributed by atoms with E-state index in [2.05, 4.69) is 6.92 Å². The molecule has 0 aromatic rings. The van der Waals surface area contributed by atoms with Gasteiger partial charge in [-0.25, -0.2) is 0 Å². The van der Waals surface area contributed by atoms with Crippen LogP contribution >= 0.6 is 11.8 Å². The fourth-order valence-electron chi connectivity index (χ4n) is 1.20. The van der Waals surface area contributed by atoms with Crippen molar-refractivity contribution in [2.24, 2.45) is 0 Å². The molecular formula is C9H12O2S. The molecule has 2 nitrogen and oxygen atoms in total. The van der Waals surface area contributed by atoms with Crippen molar-refractivity contribution in [1.82, 2.24) is 0 Å². The molecule has 1 unspecified atom stereocenters. The van der Waals surface area contributed by atoms with Gasteiger partial charge in [-0.2, -0.15) is 0 Å². The second kappa shape index (κ2) is 4.48. The molecule has 1 N–H and O–H groups in total. The summed E-state index contributed by atoms with van der Waals surface area (Å²) in [6.07, 6.45) is 5.47. The lowest BCUT2D eigenvalue weighted by atomic mass is 10.1. The molecule has 0 saturated carbocycles. The predicted octanol–water partition coefficient (Wildman–Crippen LogP) is 1.51. The van der Waals surface area contributed by atoms with Crippen LogP contribution in [0, 0.1) is 0 Å². The quantitative estimate of drug-likeness (QED) is 0.676. The Hall–Kier alpha value is -0.540. The minimum atomic E-state index is 0.0506. The lowest BCUT2D eigenvalue weighted by Gasteiger charge is -2.06. The molecule has 0 spiro atoms. The van der Waals surface area contributed by atoms with Crippen molar-refractivity contribution in [3.8, 4) is 0 Å². The van der Waals surface area contributed by atoms with E-state index in [1.165, 1.54) is 0 Å². The zero-order chi connectivity index (χ0) is 8.97. The number of thioether (sulfide) groups is 1. The molecule has 0 aromatic carbocycles. The summed E-state index contributed by atoms with van der Waals surface area (Å²) in [5.74, 6) is 0. The maximum absolute atomic E-state index is 10.4. The van der Waals surface area contributed by atoms with Gasteiger partial charge in [0.2, 0.25) is 0 Å². The minimum absolute atomic E-state index is 0.0506. The lowest BCUT2D eigenvalue weighted by molar-refractivity contribution is -0.104. The Morgan fingerprint density at radius 3 is 3.00 bits per heavy atom. The van der Waals surface area contributed by atoms with Gasteiger partial charge in [-0.3, -0.25) is 4.79 Å². The Balaban J connectivity index is 2.75. The van der Waals surface area contributed by atoms with Gasteiger partial charge in [-0.05, 0) is 18.1 Å². The van der Waals surface area contributed by atoms with Gasteiger partial charge < -0.3 is 5.11 Å². The number of aliphatic hydroxyl groups is 1. The third-order valence-electron chi connectivity index (χ3n) is 1.77. The molecule has 3 heteroatoms. The van der Waals surface area contributed by atoms with Crippen LogP contribution in [0.25, 0.3) is 0 Å². The van der Waals surface area contributed by atoms with Gasteiger partial charge in [0.25, 0.3) is 0 Å². The van der Waals surface area contributed by atoms with Gasteiger partial charge in [0, 0.05) is 10.2 Å². The van der Waals surface area contributed by atoms with Crippen LogP contribution in [0.3, 0.4) is 0 Å². The zero-order valence-corrected chi connectivity index (χ0v) is 7.80. The van der Waals surface area contributed by atoms with Crippen molar-refractivity contribution in [3.63, 3.8) is 0 Å². The second-order valence-electron chi connectivity index (χ2n) is 2.57. The van der Waals surface area contributed by atoms with Gasteiger partial charge in [-0.1, -0.05) is 13.0 Å². The molecule has 1 aliphatic rings. The second-order valence-corrected chi connectivity index (χ2v) is 3.84. The van der Waals surface area contributed by atoms with Crippen molar-refractivity contribution in [3.05, 3.63) is 22.6 Å². The number of rotatable bonds is 3. The molecule has 0 bridgehead atoms. The number of aliphatic hydroxyl groups excluding tert-OH is 1. The van der Waals surface area contributed by atoms with Crippen LogP contribution in [-0.2, 0) is 4.79 Å². The van der Waals surface area contributed by atoms with Gasteiger partial charge in [0.15, 0.2) is 6.29 Å². The van der Waals surface area contributed by atoms with Gasteiger partial charge in [0.1, 0.15) is 0 Å². The van der Waals surface area contributed by atoms with E-state index in [1.54, 1.807) is 17.8 Å². The van der Waals surface area contributed by atoms with E-state index in [0.717, 1.165) is 23.2 Å². The van der Waals surface area contributed by atoms with Crippen LogP contribution < -0.4 is 0 Å². The fraction of sp³-hybridized carbons (Fsp3) is 0.444. The summed E-state index contributed by atoms with van der Waals surface area (Å²) in [7, 11) is 0. The Morgan fingerprint density at radius 1 is 1.75 bits per heavy atom. The number of carbonyl (C=O) groups excluding carboxylic acids is 1. The third-order valence-corrected chi connectivity index (χ3v) is 3.15. The molecule has 0 aliphatic carbocycles. The van der Waals surface area contributed by atoms with Crippen LogP contribution in [0.15, 0.2) is 22.6 Å². The summed E-state index contributed by atoms with van der Waals surface area (Å²) in [6.45, 7) is 2.12. The smallest absolute Gasteiger partial charge is 0.156 e. The number of hydrogen-bond donors (Lipinski definition) is 1. The summed E-state index contributed by atoms with van der Waals surface area (Å²) in [5.41, 5.74) is 1.08. The Kier molecular flexibility index (Phi) is 3.56. The normalized spacial score (nSPS) is 26.0. The summed E-state index contributed by atoms with van der Waals surface area (Å²) >= 11 is 1.57. The molecule has 0 radical (unpaired) electrons. The molecule has 1 aliphatic heterocycles. The number of aldehydes is 1. The summed E-state index contributed by atoms with van der Waals surface area (Å²) < 4.78 is 0. The van der Waals surface area contributed by atoms with Crippen LogP contribution in [0.1, 0.15) is 13.3 Å². The first-order valence-electron chi connectivity index (χ1n) is 3.96. The third kappa shape index (κ3) is 1.99. The number of allylic oxidation sites excluding steroid dienone is 2. The SMILES string of the molecule is CCC1SC(C=O)=C/C1=C/CO. The van der Waals surface area contributed by atoms with E-state index in [-0.39, 0.29) is 6.61 Å². The highest BCUT2D eigenvalue weighted by Crippen LogP contribution is 2.36. The van der Waals surface area contributed by atoms with Crippen molar-refractivity contribution in [2.75, 3.05) is 6.61 Å². The van der Waals surface area contributed by atoms with Crippen LogP contribution in [0.4, 0.5) is 0 Å². The average molecular weight is 184 g/mol. The zero-order valence-electron chi connectivity index (χ0n) is 6.99. The van der Waals surface area contributed by atoms with Gasteiger partial charge in [0.05, 0.1) is 6.61 Å². The largest absolute Gasteiger partial charge is 0.392 e. The lowest BCUT2D eigenvalue weighted by Crippen LogP contribution is -1.98. The monoisotopic (exact) mass is 184 g/mol. The van der Waals surface area contributed by atoms with Gasteiger partial charge in [-0.15, -0.1) is 11.8 Å². The maximum Gasteiger partial charge on any atom is 0.156 e. The van der Waals surface area contributed by atoms with E-state index >= 15 is 0 Å². The first-order valence-corrected chi connectivity index (χ1v) is 4.84. The highest BCUT2D eigenvalue weighted by molar-refractivity contribution is 8.05. The van der Waals surface area contributed by atoms with Crippen molar-refractivity contribution in [1.29, 1.82) is 0 Å². The standard InChI is InChI=1S/C9H12O2S/c1-2-9-7(3-4-10)5-8(6-11)12-9/h3,5-6,9-10H,2,4H2,1H3/b7-3-. The Labute approximate surface area is 76.4 Å². The molecule has 0 aromatic heterocycles. The first kappa shape index (κ1) is 9.55. The van der Waals surface area contributed by atoms with Crippen molar-refractivity contribution < 1.29 is 9.90 Å². The molecule has 1 rings (SSSR count). The van der Waals surface area contributed by atoms with E-state index < -0.39 is 0 Å². The average Bonchev–Trinajstić information content (AvgIpc) is 2.48. The molecule has 0 amide bonds. The highest BCUT2D eigenvalue weighted by Gasteiger charge is 2.20. The molecule has 1 atom stereocenters. The topological polar surface area (TPSA) is 37.3 Å². The summed E-state index contributed by atoms with van der Waals surface area (Å²) in [6, 6.07) is 0. The van der Waals surface area contributed by atoms with Crippen molar-refractivity contribution in [2.45, 2.75) is 18.6 Å². The molecule has 0 saturated heterocycles.